The molecular weight excluding hydrogens is 275 g/mol. The Balaban J connectivity index is 3.61. The molecule has 0 bridgehead atoms. The minimum absolute atomic E-state index is 0.362. The lowest BCUT2D eigenvalue weighted by atomic mass is 9.98. The highest BCUT2D eigenvalue weighted by Crippen LogP contribution is 2.39. The maximum Gasteiger partial charge on any atom is 0.417 e. The molecule has 3 N–H and O–H groups in total. The molecule has 0 atom stereocenters. The fourth-order valence-corrected chi connectivity index (χ4v) is 1.63. The van der Waals surface area contributed by atoms with Gasteiger partial charge < -0.3 is 10.8 Å². The van der Waals surface area contributed by atoms with Gasteiger partial charge in [0.1, 0.15) is 0 Å². The molecule has 1 aromatic rings. The van der Waals surface area contributed by atoms with Gasteiger partial charge in [0.15, 0.2) is 0 Å². The molecule has 0 aliphatic rings. The molecule has 1 rings (SSSR count). The van der Waals surface area contributed by atoms with Crippen LogP contribution in [0.2, 0.25) is 0 Å². The molecule has 106 valence electrons. The summed E-state index contributed by atoms with van der Waals surface area (Å²) in [6.45, 7) is -0.477. The first kappa shape index (κ1) is 15.3. The summed E-state index contributed by atoms with van der Waals surface area (Å²) in [6, 6.07) is 0. The number of hydrogen-bond acceptors (Lipinski definition) is 3. The van der Waals surface area contributed by atoms with Crippen LogP contribution in [0.15, 0.2) is 6.20 Å². The third kappa shape index (κ3) is 3.37. The molecular formula is C10H9F5N2O2. The molecule has 0 aliphatic heterocycles. The summed E-state index contributed by atoms with van der Waals surface area (Å²) in [4.78, 5) is 14.0. The van der Waals surface area contributed by atoms with Crippen LogP contribution in [0.25, 0.3) is 0 Å². The van der Waals surface area contributed by atoms with Gasteiger partial charge in [-0.15, -0.1) is 0 Å². The van der Waals surface area contributed by atoms with Crippen molar-refractivity contribution in [3.05, 3.63) is 28.6 Å². The summed E-state index contributed by atoms with van der Waals surface area (Å²) in [5.41, 5.74) is 0.961. The summed E-state index contributed by atoms with van der Waals surface area (Å²) >= 11 is 0. The Hall–Kier alpha value is -1.77. The van der Waals surface area contributed by atoms with Gasteiger partial charge >= 0.3 is 12.1 Å². The van der Waals surface area contributed by atoms with Crippen molar-refractivity contribution in [2.24, 2.45) is 5.73 Å². The van der Waals surface area contributed by atoms with E-state index in [2.05, 4.69) is 4.98 Å². The summed E-state index contributed by atoms with van der Waals surface area (Å²) < 4.78 is 63.7. The smallest absolute Gasteiger partial charge is 0.417 e. The minimum atomic E-state index is -5.11. The van der Waals surface area contributed by atoms with Crippen LogP contribution in [-0.4, -0.2) is 16.1 Å². The van der Waals surface area contributed by atoms with E-state index in [9.17, 15) is 26.7 Å². The van der Waals surface area contributed by atoms with E-state index in [4.69, 9.17) is 10.8 Å². The van der Waals surface area contributed by atoms with E-state index < -0.39 is 48.2 Å². The number of alkyl halides is 5. The van der Waals surface area contributed by atoms with E-state index in [0.717, 1.165) is 0 Å². The summed E-state index contributed by atoms with van der Waals surface area (Å²) in [6.07, 6.45) is -9.22. The fraction of sp³-hybridized carbons (Fsp3) is 0.400. The van der Waals surface area contributed by atoms with Gasteiger partial charge in [0.25, 0.3) is 6.43 Å². The second kappa shape index (κ2) is 5.47. The zero-order chi connectivity index (χ0) is 14.8. The van der Waals surface area contributed by atoms with Crippen LogP contribution < -0.4 is 5.73 Å². The van der Waals surface area contributed by atoms with Crippen LogP contribution in [0.4, 0.5) is 22.0 Å². The molecule has 19 heavy (non-hydrogen) atoms. The predicted octanol–water partition coefficient (Wildman–Crippen LogP) is 2.12. The number of nitrogens with two attached hydrogens (primary N) is 1. The zero-order valence-corrected chi connectivity index (χ0v) is 9.34. The predicted molar refractivity (Wildman–Crippen MR) is 53.4 cm³/mol. The van der Waals surface area contributed by atoms with E-state index in [0.29, 0.717) is 6.20 Å². The van der Waals surface area contributed by atoms with Crippen LogP contribution in [0, 0.1) is 0 Å². The SMILES string of the molecule is NCc1ncc(C(F)F)c(C(F)(F)F)c1CC(=O)O. The number of nitrogens with zero attached hydrogens (tertiary/aromatic N) is 1. The molecule has 1 aromatic heterocycles. The van der Waals surface area contributed by atoms with Crippen LogP contribution in [0.5, 0.6) is 0 Å². The first-order valence-electron chi connectivity index (χ1n) is 4.96. The molecule has 0 amide bonds. The fourth-order valence-electron chi connectivity index (χ4n) is 1.63. The van der Waals surface area contributed by atoms with Crippen molar-refractivity contribution in [3.63, 3.8) is 0 Å². The lowest BCUT2D eigenvalue weighted by Gasteiger charge is -2.18. The lowest BCUT2D eigenvalue weighted by molar-refractivity contribution is -0.141. The molecule has 0 fully saturated rings. The standard InChI is InChI=1S/C10H9F5N2O2/c11-9(12)5-3-17-6(2-16)4(1-7(18)19)8(5)10(13,14)15/h3,9H,1-2,16H2,(H,18,19). The molecule has 0 aliphatic carbocycles. The Bertz CT molecular complexity index is 488. The van der Waals surface area contributed by atoms with Gasteiger partial charge in [-0.2, -0.15) is 13.2 Å². The first-order chi connectivity index (χ1) is 8.68. The second-order valence-electron chi connectivity index (χ2n) is 3.59. The molecule has 0 saturated heterocycles. The van der Waals surface area contributed by atoms with Gasteiger partial charge in [-0.1, -0.05) is 0 Å². The average molecular weight is 284 g/mol. The summed E-state index contributed by atoms with van der Waals surface area (Å²) in [7, 11) is 0. The van der Waals surface area contributed by atoms with Crippen LogP contribution >= 0.6 is 0 Å². The Morgan fingerprint density at radius 2 is 2.00 bits per heavy atom. The largest absolute Gasteiger partial charge is 0.481 e. The second-order valence-corrected chi connectivity index (χ2v) is 3.59. The maximum absolute atomic E-state index is 12.8. The highest BCUT2D eigenvalue weighted by Gasteiger charge is 2.40. The van der Waals surface area contributed by atoms with Crippen molar-refractivity contribution in [2.45, 2.75) is 25.6 Å². The Morgan fingerprint density at radius 3 is 2.37 bits per heavy atom. The first-order valence-corrected chi connectivity index (χ1v) is 4.96. The summed E-state index contributed by atoms with van der Waals surface area (Å²) in [5, 5.41) is 8.58. The van der Waals surface area contributed by atoms with Gasteiger partial charge in [0, 0.05) is 18.3 Å². The molecule has 0 radical (unpaired) electrons. The van der Waals surface area contributed by atoms with Gasteiger partial charge in [0.05, 0.1) is 17.7 Å². The molecule has 0 aromatic carbocycles. The van der Waals surface area contributed by atoms with Gasteiger partial charge in [-0.25, -0.2) is 8.78 Å². The molecule has 1 heterocycles. The molecule has 0 spiro atoms. The normalized spacial score (nSPS) is 11.9. The van der Waals surface area contributed by atoms with Crippen molar-refractivity contribution in [1.82, 2.24) is 4.98 Å². The zero-order valence-electron chi connectivity index (χ0n) is 9.34. The number of pyridine rings is 1. The maximum atomic E-state index is 12.8. The van der Waals surface area contributed by atoms with E-state index >= 15 is 0 Å². The van der Waals surface area contributed by atoms with E-state index in [1.165, 1.54) is 0 Å². The number of carboxylic acid groups (broad SMARTS) is 1. The quantitative estimate of drug-likeness (QED) is 0.830. The third-order valence-corrected chi connectivity index (χ3v) is 2.34. The number of aliphatic carboxylic acids is 1. The van der Waals surface area contributed by atoms with Crippen molar-refractivity contribution < 1.29 is 31.9 Å². The van der Waals surface area contributed by atoms with Crippen LogP contribution in [0.3, 0.4) is 0 Å². The van der Waals surface area contributed by atoms with Crippen LogP contribution in [0.1, 0.15) is 28.8 Å². The van der Waals surface area contributed by atoms with E-state index in [1.807, 2.05) is 0 Å². The van der Waals surface area contributed by atoms with E-state index in [1.54, 1.807) is 0 Å². The Morgan fingerprint density at radius 1 is 1.42 bits per heavy atom. The van der Waals surface area contributed by atoms with Gasteiger partial charge in [-0.05, 0) is 5.56 Å². The van der Waals surface area contributed by atoms with Crippen LogP contribution in [-0.2, 0) is 23.9 Å². The van der Waals surface area contributed by atoms with Crippen molar-refractivity contribution in [2.75, 3.05) is 0 Å². The third-order valence-electron chi connectivity index (χ3n) is 2.34. The number of carbonyl (C=O) groups is 1. The number of halogens is 5. The summed E-state index contributed by atoms with van der Waals surface area (Å²) in [5.74, 6) is -1.59. The highest BCUT2D eigenvalue weighted by atomic mass is 19.4. The molecule has 0 unspecified atom stereocenters. The Kier molecular flexibility index (Phi) is 4.40. The number of carboxylic acids is 1. The monoisotopic (exact) mass is 284 g/mol. The lowest BCUT2D eigenvalue weighted by Crippen LogP contribution is -2.20. The molecule has 9 heteroatoms. The molecule has 0 saturated carbocycles. The van der Waals surface area contributed by atoms with Gasteiger partial charge in [0.2, 0.25) is 0 Å². The number of rotatable bonds is 4. The van der Waals surface area contributed by atoms with Gasteiger partial charge in [-0.3, -0.25) is 9.78 Å². The molecule has 4 nitrogen and oxygen atoms in total. The number of hydrogen-bond donors (Lipinski definition) is 2. The number of aromatic nitrogens is 1. The highest BCUT2D eigenvalue weighted by molar-refractivity contribution is 5.71. The minimum Gasteiger partial charge on any atom is -0.481 e. The van der Waals surface area contributed by atoms with Crippen molar-refractivity contribution in [3.8, 4) is 0 Å². The van der Waals surface area contributed by atoms with Crippen molar-refractivity contribution >= 4 is 5.97 Å². The van der Waals surface area contributed by atoms with Crippen molar-refractivity contribution in [1.29, 1.82) is 0 Å². The topological polar surface area (TPSA) is 76.2 Å². The Labute approximate surface area is 104 Å². The van der Waals surface area contributed by atoms with E-state index in [-0.39, 0.29) is 5.69 Å². The average Bonchev–Trinajstić information content (AvgIpc) is 2.25.